The Morgan fingerprint density at radius 1 is 1.06 bits per heavy atom. The van der Waals surface area contributed by atoms with Crippen LogP contribution >= 0.6 is 0 Å². The first kappa shape index (κ1) is 15.9. The third-order valence-corrected chi connectivity index (χ3v) is 4.44. The molecule has 0 atom stereocenters. The number of rotatable bonds is 10. The quantitative estimate of drug-likeness (QED) is 0.604. The minimum absolute atomic E-state index is 0.485. The zero-order valence-corrected chi connectivity index (χ0v) is 13.0. The van der Waals surface area contributed by atoms with Crippen LogP contribution in [-0.2, 0) is 0 Å². The predicted octanol–water partition coefficient (Wildman–Crippen LogP) is 2.18. The smallest absolute Gasteiger partial charge is 0.0330 e. The summed E-state index contributed by atoms with van der Waals surface area (Å²) < 4.78 is 0. The molecule has 3 nitrogen and oxygen atoms in total. The highest BCUT2D eigenvalue weighted by Gasteiger charge is 2.39. The summed E-state index contributed by atoms with van der Waals surface area (Å²) in [5.74, 6) is 0. The fourth-order valence-electron chi connectivity index (χ4n) is 2.90. The third kappa shape index (κ3) is 4.87. The largest absolute Gasteiger partial charge is 0.317 e. The van der Waals surface area contributed by atoms with E-state index in [4.69, 9.17) is 0 Å². The first-order chi connectivity index (χ1) is 8.60. The standard InChI is InChI=1S/C15H33N3/c1-5-16-12-7-6-8-13-18(4)14-15(17(2)3)10-9-11-15/h16H,5-14H2,1-4H3. The van der Waals surface area contributed by atoms with Crippen molar-refractivity contribution < 1.29 is 0 Å². The minimum Gasteiger partial charge on any atom is -0.317 e. The Labute approximate surface area is 114 Å². The monoisotopic (exact) mass is 255 g/mol. The minimum atomic E-state index is 0.485. The summed E-state index contributed by atoms with van der Waals surface area (Å²) >= 11 is 0. The first-order valence-corrected chi connectivity index (χ1v) is 7.67. The summed E-state index contributed by atoms with van der Waals surface area (Å²) in [6.07, 6.45) is 8.18. The molecular formula is C15H33N3. The molecule has 0 bridgehead atoms. The lowest BCUT2D eigenvalue weighted by molar-refractivity contribution is 0.0275. The van der Waals surface area contributed by atoms with Crippen LogP contribution in [0.3, 0.4) is 0 Å². The van der Waals surface area contributed by atoms with Crippen LogP contribution in [0.2, 0.25) is 0 Å². The van der Waals surface area contributed by atoms with Crippen LogP contribution in [0.1, 0.15) is 45.4 Å². The maximum absolute atomic E-state index is 3.39. The molecule has 1 rings (SSSR count). The van der Waals surface area contributed by atoms with E-state index in [2.05, 4.69) is 43.2 Å². The van der Waals surface area contributed by atoms with E-state index in [1.54, 1.807) is 0 Å². The highest BCUT2D eigenvalue weighted by atomic mass is 15.2. The molecule has 1 aliphatic carbocycles. The van der Waals surface area contributed by atoms with Crippen LogP contribution in [0.25, 0.3) is 0 Å². The first-order valence-electron chi connectivity index (χ1n) is 7.67. The van der Waals surface area contributed by atoms with Gasteiger partial charge in [-0.15, -0.1) is 0 Å². The van der Waals surface area contributed by atoms with Crippen molar-refractivity contribution in [3.05, 3.63) is 0 Å². The number of nitrogens with one attached hydrogen (secondary N) is 1. The van der Waals surface area contributed by atoms with Crippen LogP contribution in [0.15, 0.2) is 0 Å². The molecule has 0 unspecified atom stereocenters. The van der Waals surface area contributed by atoms with Crippen molar-refractivity contribution in [2.75, 3.05) is 47.3 Å². The average molecular weight is 255 g/mol. The number of nitrogens with zero attached hydrogens (tertiary/aromatic N) is 2. The van der Waals surface area contributed by atoms with Gasteiger partial charge in [0.1, 0.15) is 0 Å². The lowest BCUT2D eigenvalue weighted by Crippen LogP contribution is -2.56. The van der Waals surface area contributed by atoms with Crippen LogP contribution in [-0.4, -0.2) is 62.7 Å². The summed E-state index contributed by atoms with van der Waals surface area (Å²) in [5, 5.41) is 3.39. The molecule has 1 fully saturated rings. The molecule has 1 saturated carbocycles. The molecule has 108 valence electrons. The molecule has 1 aliphatic rings. The Bertz CT molecular complexity index is 212. The molecule has 0 heterocycles. The van der Waals surface area contributed by atoms with Gasteiger partial charge in [0.15, 0.2) is 0 Å². The zero-order valence-electron chi connectivity index (χ0n) is 13.0. The van der Waals surface area contributed by atoms with Crippen molar-refractivity contribution in [3.8, 4) is 0 Å². The van der Waals surface area contributed by atoms with Gasteiger partial charge in [-0.3, -0.25) is 0 Å². The van der Waals surface area contributed by atoms with E-state index in [1.165, 1.54) is 58.2 Å². The van der Waals surface area contributed by atoms with E-state index in [0.29, 0.717) is 5.54 Å². The summed E-state index contributed by atoms with van der Waals surface area (Å²) in [7, 11) is 6.76. The Balaban J connectivity index is 2.08. The lowest BCUT2D eigenvalue weighted by atomic mass is 9.75. The maximum Gasteiger partial charge on any atom is 0.0330 e. The van der Waals surface area contributed by atoms with Crippen molar-refractivity contribution in [2.45, 2.75) is 51.0 Å². The van der Waals surface area contributed by atoms with Gasteiger partial charge in [0.05, 0.1) is 0 Å². The molecule has 0 aliphatic heterocycles. The summed E-state index contributed by atoms with van der Waals surface area (Å²) in [6, 6.07) is 0. The van der Waals surface area contributed by atoms with Crippen molar-refractivity contribution in [3.63, 3.8) is 0 Å². The lowest BCUT2D eigenvalue weighted by Gasteiger charge is -2.49. The SMILES string of the molecule is CCNCCCCCN(C)CC1(N(C)C)CCC1. The highest BCUT2D eigenvalue weighted by Crippen LogP contribution is 2.36. The van der Waals surface area contributed by atoms with E-state index < -0.39 is 0 Å². The Hall–Kier alpha value is -0.120. The fourth-order valence-corrected chi connectivity index (χ4v) is 2.90. The average Bonchev–Trinajstić information content (AvgIpc) is 2.28. The third-order valence-electron chi connectivity index (χ3n) is 4.44. The van der Waals surface area contributed by atoms with Crippen LogP contribution in [0, 0.1) is 0 Å². The zero-order chi connectivity index (χ0) is 13.4. The molecule has 1 N–H and O–H groups in total. The number of hydrogen-bond acceptors (Lipinski definition) is 3. The van der Waals surface area contributed by atoms with Crippen molar-refractivity contribution >= 4 is 0 Å². The fraction of sp³-hybridized carbons (Fsp3) is 1.00. The Morgan fingerprint density at radius 2 is 1.78 bits per heavy atom. The van der Waals surface area contributed by atoms with E-state index in [-0.39, 0.29) is 0 Å². The van der Waals surface area contributed by atoms with Gasteiger partial charge in [-0.05, 0) is 72.9 Å². The molecule has 18 heavy (non-hydrogen) atoms. The van der Waals surface area contributed by atoms with E-state index in [9.17, 15) is 0 Å². The van der Waals surface area contributed by atoms with Crippen molar-refractivity contribution in [1.82, 2.24) is 15.1 Å². The molecular weight excluding hydrogens is 222 g/mol. The van der Waals surface area contributed by atoms with Gasteiger partial charge >= 0.3 is 0 Å². The molecule has 0 aromatic rings. The second-order valence-corrected chi connectivity index (χ2v) is 6.12. The van der Waals surface area contributed by atoms with E-state index >= 15 is 0 Å². The number of unbranched alkanes of at least 4 members (excludes halogenated alkanes) is 2. The van der Waals surface area contributed by atoms with Crippen molar-refractivity contribution in [1.29, 1.82) is 0 Å². The van der Waals surface area contributed by atoms with Crippen LogP contribution < -0.4 is 5.32 Å². The molecule has 3 heteroatoms. The van der Waals surface area contributed by atoms with Crippen molar-refractivity contribution in [2.24, 2.45) is 0 Å². The Morgan fingerprint density at radius 3 is 2.28 bits per heavy atom. The molecule has 0 amide bonds. The molecule has 0 spiro atoms. The summed E-state index contributed by atoms with van der Waals surface area (Å²) in [6.45, 7) is 6.95. The molecule has 0 aromatic carbocycles. The molecule has 0 aromatic heterocycles. The number of hydrogen-bond donors (Lipinski definition) is 1. The van der Waals surface area contributed by atoms with Crippen LogP contribution in [0.5, 0.6) is 0 Å². The van der Waals surface area contributed by atoms with Gasteiger partial charge < -0.3 is 15.1 Å². The normalized spacial score (nSPS) is 18.3. The summed E-state index contributed by atoms with van der Waals surface area (Å²) in [4.78, 5) is 4.98. The van der Waals surface area contributed by atoms with E-state index in [0.717, 1.165) is 6.54 Å². The topological polar surface area (TPSA) is 18.5 Å². The van der Waals surface area contributed by atoms with Gasteiger partial charge in [0, 0.05) is 12.1 Å². The van der Waals surface area contributed by atoms with E-state index in [1.807, 2.05) is 0 Å². The van der Waals surface area contributed by atoms with Gasteiger partial charge in [0.2, 0.25) is 0 Å². The maximum atomic E-state index is 3.39. The second kappa shape index (κ2) is 8.13. The molecule has 0 radical (unpaired) electrons. The second-order valence-electron chi connectivity index (χ2n) is 6.12. The molecule has 0 saturated heterocycles. The summed E-state index contributed by atoms with van der Waals surface area (Å²) in [5.41, 5.74) is 0.485. The van der Waals surface area contributed by atoms with Gasteiger partial charge in [0.25, 0.3) is 0 Å². The van der Waals surface area contributed by atoms with Gasteiger partial charge in [-0.1, -0.05) is 13.3 Å². The van der Waals surface area contributed by atoms with Gasteiger partial charge in [-0.2, -0.15) is 0 Å². The highest BCUT2D eigenvalue weighted by molar-refractivity contribution is 4.97. The van der Waals surface area contributed by atoms with Gasteiger partial charge in [-0.25, -0.2) is 0 Å². The van der Waals surface area contributed by atoms with Crippen LogP contribution in [0.4, 0.5) is 0 Å². The number of likely N-dealkylation sites (N-methyl/N-ethyl adjacent to an activating group) is 2. The predicted molar refractivity (Wildman–Crippen MR) is 80.2 cm³/mol. The Kier molecular flexibility index (Phi) is 7.20.